The zero-order valence-corrected chi connectivity index (χ0v) is 10.2. The molecule has 0 aliphatic carbocycles. The lowest BCUT2D eigenvalue weighted by Crippen LogP contribution is -2.09. The van der Waals surface area contributed by atoms with Crippen LogP contribution in [-0.4, -0.2) is 16.2 Å². The number of aromatic hydroxyl groups is 1. The molecule has 0 spiro atoms. The van der Waals surface area contributed by atoms with Crippen molar-refractivity contribution in [3.63, 3.8) is 0 Å². The van der Waals surface area contributed by atoms with Gasteiger partial charge in [-0.3, -0.25) is 4.79 Å². The quantitative estimate of drug-likeness (QED) is 0.796. The number of aliphatic hydroxyl groups excluding tert-OH is 1. The van der Waals surface area contributed by atoms with Crippen LogP contribution in [0.1, 0.15) is 33.5 Å². The number of carbonyl (C=O) groups excluding carboxylic acids is 1. The minimum Gasteiger partial charge on any atom is -0.502 e. The molecule has 2 heterocycles. The van der Waals surface area contributed by atoms with E-state index in [0.717, 1.165) is 6.07 Å². The van der Waals surface area contributed by atoms with E-state index in [2.05, 4.69) is 0 Å². The highest BCUT2D eigenvalue weighted by Gasteiger charge is 2.36. The van der Waals surface area contributed by atoms with Gasteiger partial charge in [0.25, 0.3) is 0 Å². The Bertz CT molecular complexity index is 746. The van der Waals surface area contributed by atoms with E-state index in [-0.39, 0.29) is 11.5 Å². The molecule has 1 aromatic carbocycles. The molecule has 2 aromatic rings. The summed E-state index contributed by atoms with van der Waals surface area (Å²) in [5.41, 5.74) is 0.163. The summed E-state index contributed by atoms with van der Waals surface area (Å²) in [5.74, 6) is -1.37. The maximum atomic E-state index is 11.7. The molecule has 1 aliphatic heterocycles. The molecular weight excluding hydrogens is 264 g/mol. The molecule has 0 fully saturated rings. The Labute approximate surface area is 112 Å². The van der Waals surface area contributed by atoms with Crippen molar-refractivity contribution in [3.8, 4) is 5.75 Å². The second-order valence-corrected chi connectivity index (χ2v) is 4.32. The molecule has 3 rings (SSSR count). The van der Waals surface area contributed by atoms with Gasteiger partial charge in [0.15, 0.2) is 11.9 Å². The minimum absolute atomic E-state index is 0.0109. The molecule has 1 aliphatic rings. The third-order valence-corrected chi connectivity index (χ3v) is 3.08. The van der Waals surface area contributed by atoms with Gasteiger partial charge in [-0.15, -0.1) is 0 Å². The number of benzene rings is 1. The minimum atomic E-state index is -0.988. The fourth-order valence-corrected chi connectivity index (χ4v) is 2.15. The Morgan fingerprint density at radius 2 is 1.95 bits per heavy atom. The van der Waals surface area contributed by atoms with Crippen molar-refractivity contribution in [3.05, 3.63) is 63.2 Å². The Kier molecular flexibility index (Phi) is 2.80. The van der Waals surface area contributed by atoms with E-state index in [0.29, 0.717) is 11.1 Å². The molecule has 0 amide bonds. The molecule has 0 saturated heterocycles. The second kappa shape index (κ2) is 4.50. The first kappa shape index (κ1) is 12.4. The molecule has 6 nitrogen and oxygen atoms in total. The lowest BCUT2D eigenvalue weighted by Gasteiger charge is -2.12. The van der Waals surface area contributed by atoms with Gasteiger partial charge >= 0.3 is 5.97 Å². The Balaban J connectivity index is 2.18. The summed E-state index contributed by atoms with van der Waals surface area (Å²) < 4.78 is 10.4. The number of carbonyl (C=O) groups is 1. The average Bonchev–Trinajstić information content (AvgIpc) is 2.79. The number of esters is 1. The van der Waals surface area contributed by atoms with Crippen molar-refractivity contribution in [2.24, 2.45) is 0 Å². The lowest BCUT2D eigenvalue weighted by molar-refractivity contribution is 0.0405. The van der Waals surface area contributed by atoms with Crippen molar-refractivity contribution >= 4 is 5.97 Å². The van der Waals surface area contributed by atoms with E-state index in [4.69, 9.17) is 14.3 Å². The zero-order chi connectivity index (χ0) is 14.3. The third-order valence-electron chi connectivity index (χ3n) is 3.08. The molecule has 1 atom stereocenters. The normalized spacial score (nSPS) is 16.9. The Morgan fingerprint density at radius 3 is 2.70 bits per heavy atom. The SMILES string of the molecule is O=C1O[C@H](c2oc(CO)cc(=O)c2O)c2ccccc21. The van der Waals surface area contributed by atoms with E-state index in [1.165, 1.54) is 0 Å². The largest absolute Gasteiger partial charge is 0.502 e. The van der Waals surface area contributed by atoms with E-state index in [1.807, 2.05) is 0 Å². The highest BCUT2D eigenvalue weighted by molar-refractivity contribution is 5.94. The van der Waals surface area contributed by atoms with Crippen LogP contribution >= 0.6 is 0 Å². The van der Waals surface area contributed by atoms with Crippen LogP contribution in [0.2, 0.25) is 0 Å². The van der Waals surface area contributed by atoms with Crippen molar-refractivity contribution in [1.82, 2.24) is 0 Å². The average molecular weight is 274 g/mol. The summed E-state index contributed by atoms with van der Waals surface area (Å²) in [6, 6.07) is 7.61. The monoisotopic (exact) mass is 274 g/mol. The highest BCUT2D eigenvalue weighted by Crippen LogP contribution is 2.38. The molecule has 2 N–H and O–H groups in total. The first-order chi connectivity index (χ1) is 9.61. The van der Waals surface area contributed by atoms with Crippen LogP contribution in [0, 0.1) is 0 Å². The summed E-state index contributed by atoms with van der Waals surface area (Å²) in [6.45, 7) is -0.495. The maximum absolute atomic E-state index is 11.7. The van der Waals surface area contributed by atoms with Crippen LogP contribution in [0.5, 0.6) is 5.75 Å². The van der Waals surface area contributed by atoms with Gasteiger partial charge in [0.1, 0.15) is 12.4 Å². The molecule has 102 valence electrons. The molecule has 0 radical (unpaired) electrons. The van der Waals surface area contributed by atoms with Gasteiger partial charge in [0.05, 0.1) is 5.56 Å². The summed E-state index contributed by atoms with van der Waals surface area (Å²) >= 11 is 0. The zero-order valence-electron chi connectivity index (χ0n) is 10.2. The summed E-state index contributed by atoms with van der Waals surface area (Å²) in [6.07, 6.45) is -0.988. The molecule has 0 unspecified atom stereocenters. The van der Waals surface area contributed by atoms with Crippen LogP contribution in [0.25, 0.3) is 0 Å². The number of cyclic esters (lactones) is 1. The smallest absolute Gasteiger partial charge is 0.339 e. The molecular formula is C14H10O6. The molecule has 0 bridgehead atoms. The topological polar surface area (TPSA) is 97.0 Å². The number of fused-ring (bicyclic) bond motifs is 1. The maximum Gasteiger partial charge on any atom is 0.339 e. The number of rotatable bonds is 2. The number of hydrogen-bond acceptors (Lipinski definition) is 6. The fourth-order valence-electron chi connectivity index (χ4n) is 2.15. The summed E-state index contributed by atoms with van der Waals surface area (Å²) in [5, 5.41) is 18.9. The Hall–Kier alpha value is -2.60. The van der Waals surface area contributed by atoms with Gasteiger partial charge in [-0.05, 0) is 6.07 Å². The fraction of sp³-hybridized carbons (Fsp3) is 0.143. The first-order valence-corrected chi connectivity index (χ1v) is 5.88. The van der Waals surface area contributed by atoms with Crippen molar-refractivity contribution in [2.45, 2.75) is 12.7 Å². The Morgan fingerprint density at radius 1 is 1.20 bits per heavy atom. The van der Waals surface area contributed by atoms with Crippen LogP contribution in [0.3, 0.4) is 0 Å². The lowest BCUT2D eigenvalue weighted by atomic mass is 10.0. The van der Waals surface area contributed by atoms with Crippen LogP contribution in [-0.2, 0) is 11.3 Å². The molecule has 6 heteroatoms. The number of aliphatic hydroxyl groups is 1. The van der Waals surface area contributed by atoms with E-state index < -0.39 is 29.9 Å². The summed E-state index contributed by atoms with van der Waals surface area (Å²) in [7, 11) is 0. The number of ether oxygens (including phenoxy) is 1. The standard InChI is InChI=1S/C14H10O6/c15-6-7-5-10(16)11(17)13(19-7)12-8-3-1-2-4-9(8)14(18)20-12/h1-5,12,15,17H,6H2/t12-/m0/s1. The summed E-state index contributed by atoms with van der Waals surface area (Å²) in [4.78, 5) is 23.3. The van der Waals surface area contributed by atoms with Gasteiger partial charge in [-0.1, -0.05) is 18.2 Å². The second-order valence-electron chi connectivity index (χ2n) is 4.32. The van der Waals surface area contributed by atoms with E-state index >= 15 is 0 Å². The van der Waals surface area contributed by atoms with Crippen molar-refractivity contribution in [2.75, 3.05) is 0 Å². The van der Waals surface area contributed by atoms with Gasteiger partial charge < -0.3 is 19.4 Å². The van der Waals surface area contributed by atoms with Gasteiger partial charge in [-0.25, -0.2) is 4.79 Å². The predicted molar refractivity (Wildman–Crippen MR) is 66.3 cm³/mol. The van der Waals surface area contributed by atoms with Gasteiger partial charge in [0, 0.05) is 11.6 Å². The molecule has 20 heavy (non-hydrogen) atoms. The van der Waals surface area contributed by atoms with Gasteiger partial charge in [-0.2, -0.15) is 0 Å². The predicted octanol–water partition coefficient (Wildman–Crippen LogP) is 1.10. The molecule has 0 saturated carbocycles. The first-order valence-electron chi connectivity index (χ1n) is 5.88. The van der Waals surface area contributed by atoms with Crippen LogP contribution in [0.15, 0.2) is 39.5 Å². The van der Waals surface area contributed by atoms with Crippen LogP contribution < -0.4 is 5.43 Å². The van der Waals surface area contributed by atoms with Crippen LogP contribution in [0.4, 0.5) is 0 Å². The highest BCUT2D eigenvalue weighted by atomic mass is 16.6. The van der Waals surface area contributed by atoms with E-state index in [1.54, 1.807) is 24.3 Å². The van der Waals surface area contributed by atoms with Crippen molar-refractivity contribution in [1.29, 1.82) is 0 Å². The third kappa shape index (κ3) is 1.78. The van der Waals surface area contributed by atoms with Crippen molar-refractivity contribution < 1.29 is 24.2 Å². The van der Waals surface area contributed by atoms with E-state index in [9.17, 15) is 14.7 Å². The molecule has 1 aromatic heterocycles. The number of hydrogen-bond donors (Lipinski definition) is 2. The van der Waals surface area contributed by atoms with Gasteiger partial charge in [0.2, 0.25) is 11.2 Å².